The summed E-state index contributed by atoms with van der Waals surface area (Å²) < 4.78 is 37.0. The minimum absolute atomic E-state index is 0. The van der Waals surface area contributed by atoms with E-state index >= 15 is 0 Å². The molecule has 0 bridgehead atoms. The standard InChI is InChI=1S/C9H10BF3NO.K/c1-2-14-9(15)7-4-3-5-8(6-7)10(11,12)13;/h3-6H,2H2,1H3,(H,14,15);/q-1;+1. The summed E-state index contributed by atoms with van der Waals surface area (Å²) in [5.74, 6) is -0.487. The van der Waals surface area contributed by atoms with Crippen molar-refractivity contribution in [2.75, 3.05) is 6.54 Å². The van der Waals surface area contributed by atoms with E-state index in [1.807, 2.05) is 0 Å². The van der Waals surface area contributed by atoms with Gasteiger partial charge in [-0.15, -0.1) is 5.46 Å². The molecule has 82 valence electrons. The largest absolute Gasteiger partial charge is 1.00 e. The molecule has 0 aliphatic carbocycles. The van der Waals surface area contributed by atoms with Crippen LogP contribution in [-0.4, -0.2) is 19.4 Å². The van der Waals surface area contributed by atoms with Gasteiger partial charge >= 0.3 is 58.4 Å². The molecule has 0 saturated carbocycles. The fourth-order valence-corrected chi connectivity index (χ4v) is 1.15. The maximum absolute atomic E-state index is 12.3. The number of amides is 1. The second-order valence-corrected chi connectivity index (χ2v) is 3.06. The summed E-state index contributed by atoms with van der Waals surface area (Å²) in [6.45, 7) is -2.95. The van der Waals surface area contributed by atoms with Crippen LogP contribution in [0, 0.1) is 0 Å². The summed E-state index contributed by atoms with van der Waals surface area (Å²) in [5, 5.41) is 2.44. The van der Waals surface area contributed by atoms with Crippen LogP contribution in [0.1, 0.15) is 17.3 Å². The average molecular weight is 255 g/mol. The fourth-order valence-electron chi connectivity index (χ4n) is 1.15. The Labute approximate surface area is 134 Å². The molecule has 7 heteroatoms. The first-order chi connectivity index (χ1) is 6.95. The van der Waals surface area contributed by atoms with E-state index in [0.717, 1.165) is 12.1 Å². The van der Waals surface area contributed by atoms with E-state index in [9.17, 15) is 17.7 Å². The van der Waals surface area contributed by atoms with Gasteiger partial charge in [0, 0.05) is 12.1 Å². The third-order valence-electron chi connectivity index (χ3n) is 1.86. The molecule has 2 nitrogen and oxygen atoms in total. The van der Waals surface area contributed by atoms with E-state index in [2.05, 4.69) is 5.32 Å². The minimum Gasteiger partial charge on any atom is -0.445 e. The van der Waals surface area contributed by atoms with Crippen molar-refractivity contribution in [2.24, 2.45) is 0 Å². The van der Waals surface area contributed by atoms with Crippen molar-refractivity contribution in [3.8, 4) is 0 Å². The molecule has 0 spiro atoms. The van der Waals surface area contributed by atoms with Gasteiger partial charge in [0.2, 0.25) is 0 Å². The van der Waals surface area contributed by atoms with E-state index in [1.165, 1.54) is 12.1 Å². The predicted octanol–water partition coefficient (Wildman–Crippen LogP) is -1.51. The summed E-state index contributed by atoms with van der Waals surface area (Å²) in [4.78, 5) is 11.3. The Morgan fingerprint density at radius 3 is 2.50 bits per heavy atom. The van der Waals surface area contributed by atoms with E-state index in [-0.39, 0.29) is 56.9 Å². The molecule has 0 aliphatic heterocycles. The molecule has 0 aliphatic rings. The molecule has 16 heavy (non-hydrogen) atoms. The summed E-state index contributed by atoms with van der Waals surface area (Å²) in [7, 11) is 0. The SMILES string of the molecule is CCNC(=O)c1cccc([B-](F)(F)F)c1.[K+]. The number of rotatable bonds is 3. The number of carbonyl (C=O) groups is 1. The van der Waals surface area contributed by atoms with Crippen LogP contribution in [0.4, 0.5) is 12.9 Å². The number of hydrogen-bond acceptors (Lipinski definition) is 1. The first-order valence-electron chi connectivity index (χ1n) is 4.53. The normalized spacial score (nSPS) is 10.5. The van der Waals surface area contributed by atoms with Gasteiger partial charge in [0.1, 0.15) is 0 Å². The Morgan fingerprint density at radius 1 is 1.38 bits per heavy atom. The molecular weight excluding hydrogens is 245 g/mol. The van der Waals surface area contributed by atoms with Crippen molar-refractivity contribution in [3.05, 3.63) is 29.8 Å². The molecule has 0 saturated heterocycles. The average Bonchev–Trinajstić information content (AvgIpc) is 2.17. The molecule has 0 atom stereocenters. The summed E-state index contributed by atoms with van der Waals surface area (Å²) >= 11 is 0. The number of hydrogen-bond donors (Lipinski definition) is 1. The van der Waals surface area contributed by atoms with Crippen LogP contribution in [0.15, 0.2) is 24.3 Å². The molecule has 0 unspecified atom stereocenters. The van der Waals surface area contributed by atoms with Gasteiger partial charge in [0.05, 0.1) is 0 Å². The van der Waals surface area contributed by atoms with E-state index < -0.39 is 18.3 Å². The maximum atomic E-state index is 12.3. The summed E-state index contributed by atoms with van der Waals surface area (Å²) in [5.41, 5.74) is -0.715. The molecule has 1 aromatic rings. The van der Waals surface area contributed by atoms with Crippen LogP contribution >= 0.6 is 0 Å². The number of nitrogens with one attached hydrogen (secondary N) is 1. The van der Waals surface area contributed by atoms with Crippen molar-refractivity contribution in [3.63, 3.8) is 0 Å². The van der Waals surface area contributed by atoms with Crippen LogP contribution in [0.2, 0.25) is 0 Å². The first kappa shape index (κ1) is 16.2. The van der Waals surface area contributed by atoms with Gasteiger partial charge in [-0.1, -0.05) is 18.2 Å². The Morgan fingerprint density at radius 2 is 2.00 bits per heavy atom. The Kier molecular flexibility index (Phi) is 6.88. The van der Waals surface area contributed by atoms with Gasteiger partial charge in [-0.3, -0.25) is 4.79 Å². The smallest absolute Gasteiger partial charge is 0.445 e. The minimum atomic E-state index is -5.04. The summed E-state index contributed by atoms with van der Waals surface area (Å²) in [6.07, 6.45) is 0. The van der Waals surface area contributed by atoms with Crippen molar-refractivity contribution >= 4 is 18.3 Å². The van der Waals surface area contributed by atoms with E-state index in [1.54, 1.807) is 6.92 Å². The molecule has 0 aromatic heterocycles. The van der Waals surface area contributed by atoms with Crippen LogP contribution in [0.25, 0.3) is 0 Å². The van der Waals surface area contributed by atoms with Crippen LogP contribution in [0.3, 0.4) is 0 Å². The van der Waals surface area contributed by atoms with E-state index in [0.29, 0.717) is 6.54 Å². The molecule has 1 N–H and O–H groups in total. The fraction of sp³-hybridized carbons (Fsp3) is 0.222. The first-order valence-corrected chi connectivity index (χ1v) is 4.53. The third kappa shape index (κ3) is 4.59. The van der Waals surface area contributed by atoms with Gasteiger partial charge in [0.25, 0.3) is 5.91 Å². The predicted molar refractivity (Wildman–Crippen MR) is 53.2 cm³/mol. The quantitative estimate of drug-likeness (QED) is 0.654. The zero-order valence-corrected chi connectivity index (χ0v) is 12.3. The molecular formula is C9H10BF3KNO. The number of benzene rings is 1. The second-order valence-electron chi connectivity index (χ2n) is 3.06. The Balaban J connectivity index is 0.00000225. The molecule has 1 amide bonds. The van der Waals surface area contributed by atoms with Gasteiger partial charge in [-0.25, -0.2) is 0 Å². The monoisotopic (exact) mass is 255 g/mol. The second kappa shape index (κ2) is 6.81. The van der Waals surface area contributed by atoms with Crippen molar-refractivity contribution < 1.29 is 69.1 Å². The van der Waals surface area contributed by atoms with Gasteiger partial charge in [0.15, 0.2) is 0 Å². The molecule has 0 radical (unpaired) electrons. The molecule has 1 aromatic carbocycles. The van der Waals surface area contributed by atoms with Crippen molar-refractivity contribution in [1.82, 2.24) is 5.32 Å². The van der Waals surface area contributed by atoms with Gasteiger partial charge < -0.3 is 18.3 Å². The van der Waals surface area contributed by atoms with Crippen LogP contribution in [-0.2, 0) is 0 Å². The topological polar surface area (TPSA) is 29.1 Å². The van der Waals surface area contributed by atoms with Gasteiger partial charge in [-0.2, -0.15) is 0 Å². The van der Waals surface area contributed by atoms with Crippen molar-refractivity contribution in [2.45, 2.75) is 6.92 Å². The van der Waals surface area contributed by atoms with Gasteiger partial charge in [-0.05, 0) is 13.0 Å². The third-order valence-corrected chi connectivity index (χ3v) is 1.86. The Bertz CT molecular complexity index is 370. The summed E-state index contributed by atoms with van der Waals surface area (Å²) in [6, 6.07) is 4.42. The molecule has 0 fully saturated rings. The van der Waals surface area contributed by atoms with Crippen molar-refractivity contribution in [1.29, 1.82) is 0 Å². The molecule has 1 rings (SSSR count). The van der Waals surface area contributed by atoms with Crippen LogP contribution in [0.5, 0.6) is 0 Å². The maximum Gasteiger partial charge on any atom is 1.00 e. The molecule has 0 heterocycles. The number of carbonyl (C=O) groups excluding carboxylic acids is 1. The zero-order valence-electron chi connectivity index (χ0n) is 9.14. The number of halogens is 3. The Hall–Kier alpha value is 0.181. The zero-order chi connectivity index (χ0) is 11.5. The van der Waals surface area contributed by atoms with E-state index in [4.69, 9.17) is 0 Å². The van der Waals surface area contributed by atoms with Crippen LogP contribution < -0.4 is 62.2 Å².